The van der Waals surface area contributed by atoms with Crippen LogP contribution < -0.4 is 16.0 Å². The van der Waals surface area contributed by atoms with Crippen LogP contribution in [0.25, 0.3) is 0 Å². The minimum Gasteiger partial charge on any atom is -0.347 e. The van der Waals surface area contributed by atoms with Crippen LogP contribution in [0.2, 0.25) is 0 Å². The molecule has 0 unspecified atom stereocenters. The van der Waals surface area contributed by atoms with Crippen molar-refractivity contribution in [2.75, 3.05) is 6.54 Å². The van der Waals surface area contributed by atoms with E-state index < -0.39 is 35.2 Å². The van der Waals surface area contributed by atoms with Crippen LogP contribution in [0.4, 0.5) is 0 Å². The first-order valence-electron chi connectivity index (χ1n) is 15.2. The van der Waals surface area contributed by atoms with Gasteiger partial charge in [0.15, 0.2) is 0 Å². The third kappa shape index (κ3) is 7.20. The molecule has 39 heavy (non-hydrogen) atoms. The van der Waals surface area contributed by atoms with E-state index in [2.05, 4.69) is 16.0 Å². The molecule has 4 aliphatic rings. The van der Waals surface area contributed by atoms with Gasteiger partial charge >= 0.3 is 0 Å². The third-order valence-corrected chi connectivity index (χ3v) is 9.16. The van der Waals surface area contributed by atoms with Crippen LogP contribution >= 0.6 is 0 Å². The second kappa shape index (κ2) is 12.4. The Morgan fingerprint density at radius 3 is 2.21 bits per heavy atom. The average molecular weight is 545 g/mol. The Kier molecular flexibility index (Phi) is 9.37. The molecule has 0 aromatic rings. The molecule has 0 aromatic carbocycles. The van der Waals surface area contributed by atoms with Crippen molar-refractivity contribution < 1.29 is 24.0 Å². The van der Waals surface area contributed by atoms with Gasteiger partial charge in [0, 0.05) is 19.0 Å². The molecule has 3 N–H and O–H groups in total. The molecular formula is C30H48N4O5. The van der Waals surface area contributed by atoms with Crippen LogP contribution in [0, 0.1) is 23.2 Å². The van der Waals surface area contributed by atoms with Crippen molar-refractivity contribution in [1.82, 2.24) is 20.9 Å². The lowest BCUT2D eigenvalue weighted by molar-refractivity contribution is -0.146. The fourth-order valence-electron chi connectivity index (χ4n) is 6.84. The number of rotatable bonds is 11. The summed E-state index contributed by atoms with van der Waals surface area (Å²) in [5.41, 5.74) is -0.539. The van der Waals surface area contributed by atoms with Gasteiger partial charge in [0.05, 0.1) is 6.04 Å². The first kappa shape index (κ1) is 29.5. The van der Waals surface area contributed by atoms with Gasteiger partial charge in [-0.05, 0) is 68.1 Å². The Balaban J connectivity index is 1.49. The van der Waals surface area contributed by atoms with E-state index in [0.29, 0.717) is 31.7 Å². The fourth-order valence-corrected chi connectivity index (χ4v) is 6.84. The second-order valence-electron chi connectivity index (χ2n) is 13.5. The van der Waals surface area contributed by atoms with Crippen molar-refractivity contribution in [2.45, 2.75) is 129 Å². The number of amides is 4. The SMILES string of the molecule is CCC[C@H](NC(=O)[C@@H]1[C@H]2CCC[C@H]2CN1C(=O)[C@@H](NC(=O)CC1CCCC1)C(C)(C)C)C(=O)C(=O)NC1CC1. The number of ketones is 1. The molecule has 5 atom stereocenters. The standard InChI is InChI=1S/C30H48N4O5/c1-5-9-22(25(36)28(38)31-20-14-15-20)32-27(37)24-21-13-8-12-19(21)17-34(24)29(39)26(30(2,3)4)33-23(35)16-18-10-6-7-11-18/h18-22,24,26H,5-17H2,1-4H3,(H,31,38)(H,32,37)(H,33,35)/t19-,21-,22-,24-,26+/m0/s1. The van der Waals surface area contributed by atoms with Crippen LogP contribution in [0.3, 0.4) is 0 Å². The second-order valence-corrected chi connectivity index (χ2v) is 13.5. The molecule has 1 aliphatic heterocycles. The van der Waals surface area contributed by atoms with E-state index in [1.165, 1.54) is 0 Å². The van der Waals surface area contributed by atoms with Crippen LogP contribution in [-0.2, 0) is 24.0 Å². The molecule has 4 amide bonds. The number of hydrogen-bond acceptors (Lipinski definition) is 5. The van der Waals surface area contributed by atoms with Gasteiger partial charge < -0.3 is 20.9 Å². The summed E-state index contributed by atoms with van der Waals surface area (Å²) in [7, 11) is 0. The molecule has 9 heteroatoms. The summed E-state index contributed by atoms with van der Waals surface area (Å²) < 4.78 is 0. The van der Waals surface area contributed by atoms with Crippen molar-refractivity contribution in [2.24, 2.45) is 23.2 Å². The Bertz CT molecular complexity index is 949. The Labute approximate surface area is 233 Å². The summed E-state index contributed by atoms with van der Waals surface area (Å²) in [5, 5.41) is 8.63. The highest BCUT2D eigenvalue weighted by atomic mass is 16.2. The van der Waals surface area contributed by atoms with E-state index in [4.69, 9.17) is 0 Å². The normalized spacial score (nSPS) is 26.6. The zero-order chi connectivity index (χ0) is 28.3. The maximum absolute atomic E-state index is 14.1. The van der Waals surface area contributed by atoms with Crippen LogP contribution in [0.1, 0.15) is 105 Å². The zero-order valence-electron chi connectivity index (χ0n) is 24.2. The first-order valence-corrected chi connectivity index (χ1v) is 15.2. The van der Waals surface area contributed by atoms with Crippen molar-refractivity contribution in [3.8, 4) is 0 Å². The number of nitrogens with one attached hydrogen (secondary N) is 3. The van der Waals surface area contributed by atoms with Gasteiger partial charge in [-0.15, -0.1) is 0 Å². The summed E-state index contributed by atoms with van der Waals surface area (Å²) >= 11 is 0. The van der Waals surface area contributed by atoms with E-state index in [9.17, 15) is 24.0 Å². The summed E-state index contributed by atoms with van der Waals surface area (Å²) in [6, 6.07) is -2.32. The van der Waals surface area contributed by atoms with Gasteiger partial charge in [-0.1, -0.05) is 53.4 Å². The van der Waals surface area contributed by atoms with Crippen molar-refractivity contribution >= 4 is 29.4 Å². The van der Waals surface area contributed by atoms with Crippen molar-refractivity contribution in [1.29, 1.82) is 0 Å². The minimum atomic E-state index is -0.914. The number of likely N-dealkylation sites (tertiary alicyclic amines) is 1. The molecule has 9 nitrogen and oxygen atoms in total. The number of Topliss-reactive ketones (excluding diaryl/α,β-unsaturated/α-hetero) is 1. The lowest BCUT2D eigenvalue weighted by atomic mass is 9.85. The molecular weight excluding hydrogens is 496 g/mol. The number of carbonyl (C=O) groups excluding carboxylic acids is 5. The maximum atomic E-state index is 14.1. The van der Waals surface area contributed by atoms with Crippen LogP contribution in [0.5, 0.6) is 0 Å². The van der Waals surface area contributed by atoms with Gasteiger partial charge in [-0.2, -0.15) is 0 Å². The molecule has 1 heterocycles. The molecule has 4 rings (SSSR count). The lowest BCUT2D eigenvalue weighted by Crippen LogP contribution is -2.60. The predicted molar refractivity (Wildman–Crippen MR) is 147 cm³/mol. The maximum Gasteiger partial charge on any atom is 0.289 e. The lowest BCUT2D eigenvalue weighted by Gasteiger charge is -2.36. The largest absolute Gasteiger partial charge is 0.347 e. The molecule has 4 fully saturated rings. The first-order chi connectivity index (χ1) is 18.5. The Hall–Kier alpha value is -2.45. The number of nitrogens with zero attached hydrogens (tertiary/aromatic N) is 1. The van der Waals surface area contributed by atoms with Crippen LogP contribution in [-0.4, -0.2) is 65.0 Å². The smallest absolute Gasteiger partial charge is 0.289 e. The van der Waals surface area contributed by atoms with Gasteiger partial charge in [-0.3, -0.25) is 24.0 Å². The molecule has 3 saturated carbocycles. The van der Waals surface area contributed by atoms with Gasteiger partial charge in [-0.25, -0.2) is 0 Å². The van der Waals surface area contributed by atoms with Crippen LogP contribution in [0.15, 0.2) is 0 Å². The summed E-state index contributed by atoms with van der Waals surface area (Å²) in [6.45, 7) is 8.19. The van der Waals surface area contributed by atoms with Gasteiger partial charge in [0.1, 0.15) is 12.1 Å². The highest BCUT2D eigenvalue weighted by Gasteiger charge is 2.52. The number of carbonyl (C=O) groups is 5. The van der Waals surface area contributed by atoms with E-state index in [0.717, 1.165) is 57.8 Å². The highest BCUT2D eigenvalue weighted by molar-refractivity contribution is 6.38. The van der Waals surface area contributed by atoms with Crippen molar-refractivity contribution in [3.63, 3.8) is 0 Å². The van der Waals surface area contributed by atoms with Gasteiger partial charge in [0.2, 0.25) is 23.5 Å². The molecule has 0 radical (unpaired) electrons. The highest BCUT2D eigenvalue weighted by Crippen LogP contribution is 2.43. The molecule has 0 spiro atoms. The number of hydrogen-bond donors (Lipinski definition) is 3. The summed E-state index contributed by atoms with van der Waals surface area (Å²) in [4.78, 5) is 68.0. The topological polar surface area (TPSA) is 125 Å². The van der Waals surface area contributed by atoms with E-state index in [1.54, 1.807) is 4.90 Å². The fraction of sp³-hybridized carbons (Fsp3) is 0.833. The predicted octanol–water partition coefficient (Wildman–Crippen LogP) is 2.86. The average Bonchev–Trinajstić information content (AvgIpc) is 3.22. The molecule has 1 saturated heterocycles. The monoisotopic (exact) mass is 544 g/mol. The molecule has 0 bridgehead atoms. The Morgan fingerprint density at radius 2 is 1.59 bits per heavy atom. The quantitative estimate of drug-likeness (QED) is 0.345. The zero-order valence-corrected chi connectivity index (χ0v) is 24.2. The van der Waals surface area contributed by atoms with E-state index in [1.807, 2.05) is 27.7 Å². The summed E-state index contributed by atoms with van der Waals surface area (Å²) in [6.07, 6.45) is 10.4. The van der Waals surface area contributed by atoms with E-state index in [-0.39, 0.29) is 35.6 Å². The minimum absolute atomic E-state index is 0.0152. The molecule has 218 valence electrons. The van der Waals surface area contributed by atoms with Crippen molar-refractivity contribution in [3.05, 3.63) is 0 Å². The van der Waals surface area contributed by atoms with E-state index >= 15 is 0 Å². The third-order valence-electron chi connectivity index (χ3n) is 9.16. The molecule has 3 aliphatic carbocycles. The van der Waals surface area contributed by atoms with Gasteiger partial charge in [0.25, 0.3) is 5.91 Å². The number of fused-ring (bicyclic) bond motifs is 1. The molecule has 0 aromatic heterocycles. The Morgan fingerprint density at radius 1 is 0.897 bits per heavy atom. The summed E-state index contributed by atoms with van der Waals surface area (Å²) in [5.74, 6) is -1.37.